The third-order valence-electron chi connectivity index (χ3n) is 6.22. The third kappa shape index (κ3) is 2.81. The summed E-state index contributed by atoms with van der Waals surface area (Å²) in [6.07, 6.45) is 2.93. The molecule has 7 heteroatoms. The van der Waals surface area contributed by atoms with Gasteiger partial charge in [0.2, 0.25) is 11.8 Å². The first-order valence-electron chi connectivity index (χ1n) is 9.65. The Kier molecular flexibility index (Phi) is 4.42. The Bertz CT molecular complexity index is 795. The molecule has 2 unspecified atom stereocenters. The van der Waals surface area contributed by atoms with E-state index in [9.17, 15) is 14.4 Å². The van der Waals surface area contributed by atoms with Gasteiger partial charge in [-0.25, -0.2) is 0 Å². The third-order valence-corrected chi connectivity index (χ3v) is 6.22. The van der Waals surface area contributed by atoms with E-state index in [2.05, 4.69) is 5.32 Å². The molecule has 0 spiro atoms. The van der Waals surface area contributed by atoms with Crippen molar-refractivity contribution in [3.63, 3.8) is 0 Å². The predicted molar refractivity (Wildman–Crippen MR) is 101 cm³/mol. The molecule has 27 heavy (non-hydrogen) atoms. The number of hydrogen-bond donors (Lipinski definition) is 1. The molecule has 3 aliphatic rings. The van der Waals surface area contributed by atoms with Gasteiger partial charge >= 0.3 is 0 Å². The first-order chi connectivity index (χ1) is 13.0. The lowest BCUT2D eigenvalue weighted by atomic mass is 9.98. The van der Waals surface area contributed by atoms with E-state index in [-0.39, 0.29) is 24.3 Å². The van der Waals surface area contributed by atoms with Crippen molar-refractivity contribution in [2.24, 2.45) is 0 Å². The summed E-state index contributed by atoms with van der Waals surface area (Å²) in [6.45, 7) is 3.28. The second-order valence-electron chi connectivity index (χ2n) is 7.82. The van der Waals surface area contributed by atoms with Gasteiger partial charge in [-0.15, -0.1) is 0 Å². The minimum Gasteiger partial charge on any atom is -0.340 e. The van der Waals surface area contributed by atoms with Crippen LogP contribution in [0.3, 0.4) is 0 Å². The van der Waals surface area contributed by atoms with Gasteiger partial charge in [-0.1, -0.05) is 12.1 Å². The van der Waals surface area contributed by atoms with Crippen LogP contribution < -0.4 is 10.2 Å². The number of benzene rings is 1. The van der Waals surface area contributed by atoms with Gasteiger partial charge in [0.15, 0.2) is 0 Å². The van der Waals surface area contributed by atoms with Crippen molar-refractivity contribution in [1.82, 2.24) is 15.1 Å². The number of rotatable bonds is 3. The van der Waals surface area contributed by atoms with E-state index in [1.165, 1.54) is 0 Å². The van der Waals surface area contributed by atoms with Crippen molar-refractivity contribution in [1.29, 1.82) is 0 Å². The predicted octanol–water partition coefficient (Wildman–Crippen LogP) is 1.20. The van der Waals surface area contributed by atoms with Gasteiger partial charge in [-0.2, -0.15) is 0 Å². The van der Waals surface area contributed by atoms with Crippen LogP contribution in [0.5, 0.6) is 0 Å². The number of piperidine rings is 1. The van der Waals surface area contributed by atoms with Crippen LogP contribution in [0.25, 0.3) is 0 Å². The van der Waals surface area contributed by atoms with Crippen molar-refractivity contribution in [3.05, 3.63) is 29.8 Å². The Morgan fingerprint density at radius 2 is 2.07 bits per heavy atom. The minimum absolute atomic E-state index is 0.00289. The van der Waals surface area contributed by atoms with Crippen molar-refractivity contribution < 1.29 is 14.4 Å². The first-order valence-corrected chi connectivity index (χ1v) is 9.65. The van der Waals surface area contributed by atoms with Crippen LogP contribution in [-0.4, -0.2) is 65.9 Å². The van der Waals surface area contributed by atoms with Gasteiger partial charge in [0.1, 0.15) is 12.2 Å². The highest BCUT2D eigenvalue weighted by molar-refractivity contribution is 6.11. The highest BCUT2D eigenvalue weighted by atomic mass is 16.2. The normalized spacial score (nSPS) is 27.6. The number of para-hydroxylation sites is 1. The lowest BCUT2D eigenvalue weighted by molar-refractivity contribution is -0.134. The van der Waals surface area contributed by atoms with Crippen LogP contribution in [0.2, 0.25) is 0 Å². The molecule has 2 atom stereocenters. The fourth-order valence-electron chi connectivity index (χ4n) is 4.62. The molecule has 3 heterocycles. The lowest BCUT2D eigenvalue weighted by Crippen LogP contribution is -2.64. The molecule has 0 aliphatic carbocycles. The lowest BCUT2D eigenvalue weighted by Gasteiger charge is -2.49. The Hall–Kier alpha value is -2.41. The maximum Gasteiger partial charge on any atom is 0.258 e. The molecule has 2 saturated heterocycles. The summed E-state index contributed by atoms with van der Waals surface area (Å²) in [7, 11) is 1.91. The first kappa shape index (κ1) is 18.0. The second-order valence-corrected chi connectivity index (χ2v) is 7.82. The molecule has 1 aromatic carbocycles. The largest absolute Gasteiger partial charge is 0.340 e. The average molecular weight is 370 g/mol. The molecule has 0 bridgehead atoms. The molecular formula is C20H26N4O3. The molecule has 7 nitrogen and oxygen atoms in total. The summed E-state index contributed by atoms with van der Waals surface area (Å²) < 4.78 is 0. The second kappa shape index (κ2) is 6.64. The van der Waals surface area contributed by atoms with Crippen molar-refractivity contribution in [3.8, 4) is 0 Å². The van der Waals surface area contributed by atoms with E-state index in [1.54, 1.807) is 21.9 Å². The van der Waals surface area contributed by atoms with Crippen LogP contribution in [0.1, 0.15) is 43.0 Å². The van der Waals surface area contributed by atoms with Crippen molar-refractivity contribution in [2.45, 2.75) is 44.3 Å². The van der Waals surface area contributed by atoms with Gasteiger partial charge < -0.3 is 15.1 Å². The van der Waals surface area contributed by atoms with Crippen LogP contribution in [-0.2, 0) is 9.59 Å². The summed E-state index contributed by atoms with van der Waals surface area (Å²) in [5.41, 5.74) is 0.366. The molecule has 0 saturated carbocycles. The quantitative estimate of drug-likeness (QED) is 0.868. The number of carbonyl (C=O) groups excluding carboxylic acids is 3. The van der Waals surface area contributed by atoms with Gasteiger partial charge in [-0.05, 0) is 45.4 Å². The average Bonchev–Trinajstić information content (AvgIpc) is 3.00. The Balaban J connectivity index is 1.63. The number of anilines is 1. The Labute approximate surface area is 159 Å². The van der Waals surface area contributed by atoms with E-state index in [0.717, 1.165) is 19.4 Å². The van der Waals surface area contributed by atoms with Gasteiger partial charge in [0.25, 0.3) is 5.91 Å². The van der Waals surface area contributed by atoms with E-state index >= 15 is 0 Å². The molecule has 1 N–H and O–H groups in total. The van der Waals surface area contributed by atoms with E-state index in [1.807, 2.05) is 31.0 Å². The van der Waals surface area contributed by atoms with Gasteiger partial charge in [0.05, 0.1) is 11.3 Å². The highest BCUT2D eigenvalue weighted by Crippen LogP contribution is 2.43. The summed E-state index contributed by atoms with van der Waals surface area (Å²) >= 11 is 0. The minimum atomic E-state index is -0.781. The summed E-state index contributed by atoms with van der Waals surface area (Å²) in [4.78, 5) is 43.9. The van der Waals surface area contributed by atoms with E-state index in [4.69, 9.17) is 0 Å². The SMILES string of the molecule is CNC1CCCN(C(=O)CN2C(=O)c3ccccc3N3C(=O)CCC23C)C1. The van der Waals surface area contributed by atoms with Crippen molar-refractivity contribution in [2.75, 3.05) is 31.6 Å². The zero-order valence-corrected chi connectivity index (χ0v) is 15.9. The summed E-state index contributed by atoms with van der Waals surface area (Å²) in [5.74, 6) is -0.221. The zero-order chi connectivity index (χ0) is 19.2. The number of amides is 3. The Morgan fingerprint density at radius 3 is 2.85 bits per heavy atom. The molecule has 3 amide bonds. The topological polar surface area (TPSA) is 73.0 Å². The molecule has 144 valence electrons. The maximum atomic E-state index is 13.2. The van der Waals surface area contributed by atoms with Crippen molar-refractivity contribution >= 4 is 23.4 Å². The molecule has 0 aromatic heterocycles. The van der Waals surface area contributed by atoms with Crippen LogP contribution in [0.15, 0.2) is 24.3 Å². The zero-order valence-electron chi connectivity index (χ0n) is 15.9. The smallest absolute Gasteiger partial charge is 0.258 e. The number of fused-ring (bicyclic) bond motifs is 3. The van der Waals surface area contributed by atoms with Gasteiger partial charge in [0, 0.05) is 25.6 Å². The number of hydrogen-bond acceptors (Lipinski definition) is 4. The Morgan fingerprint density at radius 1 is 1.30 bits per heavy atom. The van der Waals surface area contributed by atoms with Gasteiger partial charge in [-0.3, -0.25) is 19.3 Å². The number of carbonyl (C=O) groups is 3. The van der Waals surface area contributed by atoms with Crippen LogP contribution >= 0.6 is 0 Å². The van der Waals surface area contributed by atoms with E-state index in [0.29, 0.717) is 36.7 Å². The fraction of sp³-hybridized carbons (Fsp3) is 0.550. The van der Waals surface area contributed by atoms with Crippen LogP contribution in [0, 0.1) is 0 Å². The summed E-state index contributed by atoms with van der Waals surface area (Å²) in [6, 6.07) is 7.47. The fourth-order valence-corrected chi connectivity index (χ4v) is 4.62. The maximum absolute atomic E-state index is 13.2. The number of nitrogens with zero attached hydrogens (tertiary/aromatic N) is 3. The molecule has 0 radical (unpaired) electrons. The molecule has 1 aromatic rings. The summed E-state index contributed by atoms with van der Waals surface area (Å²) in [5, 5.41) is 3.24. The molecule has 2 fully saturated rings. The molecular weight excluding hydrogens is 344 g/mol. The monoisotopic (exact) mass is 370 g/mol. The number of likely N-dealkylation sites (N-methyl/N-ethyl adjacent to an activating group) is 1. The number of likely N-dealkylation sites (tertiary alicyclic amines) is 1. The standard InChI is InChI=1S/C20H26N4O3/c1-20-10-9-17(25)24(20)16-8-4-3-7-15(16)19(27)23(20)13-18(26)22-11-5-6-14(12-22)21-2/h3-4,7-8,14,21H,5-6,9-13H2,1-2H3. The molecule has 4 rings (SSSR count). The van der Waals surface area contributed by atoms with Crippen LogP contribution in [0.4, 0.5) is 5.69 Å². The molecule has 3 aliphatic heterocycles. The highest BCUT2D eigenvalue weighted by Gasteiger charge is 2.53. The van der Waals surface area contributed by atoms with E-state index < -0.39 is 5.66 Å². The number of nitrogens with one attached hydrogen (secondary N) is 1.